The number of aromatic nitrogens is 1. The monoisotopic (exact) mass is 572 g/mol. The third kappa shape index (κ3) is 5.36. The quantitative estimate of drug-likeness (QED) is 0.381. The largest absolute Gasteiger partial charge is 1.00 e. The van der Waals surface area contributed by atoms with Gasteiger partial charge in [0.2, 0.25) is 5.52 Å². The number of thiazole rings is 1. The summed E-state index contributed by atoms with van der Waals surface area (Å²) in [5.74, 6) is 0. The van der Waals surface area contributed by atoms with Gasteiger partial charge >= 0.3 is 0 Å². The average Bonchev–Trinajstić information content (AvgIpc) is 3.30. The molecule has 1 aliphatic heterocycles. The Kier molecular flexibility index (Phi) is 9.09. The number of nitrogens with zero attached hydrogens (tertiary/aromatic N) is 1. The summed E-state index contributed by atoms with van der Waals surface area (Å²) >= 11 is 15.9. The Labute approximate surface area is 216 Å². The van der Waals surface area contributed by atoms with Gasteiger partial charge in [0.05, 0.1) is 15.7 Å². The number of hydrogen-bond donors (Lipinski definition) is 3. The summed E-state index contributed by atoms with van der Waals surface area (Å²) in [6, 6.07) is 9.76. The number of fused-ring (bicyclic) bond motifs is 2. The molecule has 0 spiro atoms. The number of anilines is 1. The molecule has 0 saturated heterocycles. The number of aliphatic hydroxyl groups excluding tert-OH is 2. The molecular weight excluding hydrogens is 551 g/mol. The zero-order chi connectivity index (χ0) is 22.0. The van der Waals surface area contributed by atoms with Gasteiger partial charge in [0.25, 0.3) is 5.01 Å². The van der Waals surface area contributed by atoms with E-state index in [1.807, 2.05) is 30.3 Å². The highest BCUT2D eigenvalue weighted by Gasteiger charge is 2.24. The minimum Gasteiger partial charge on any atom is -1.00 e. The molecule has 0 atom stereocenters. The van der Waals surface area contributed by atoms with Crippen LogP contribution in [0.2, 0.25) is 10.0 Å². The number of thioether (sulfide) groups is 1. The summed E-state index contributed by atoms with van der Waals surface area (Å²) < 4.78 is 3.19. The van der Waals surface area contributed by atoms with Crippen molar-refractivity contribution in [2.45, 2.75) is 31.2 Å². The van der Waals surface area contributed by atoms with Crippen LogP contribution in [-0.2, 0) is 13.0 Å². The van der Waals surface area contributed by atoms with E-state index in [0.29, 0.717) is 23.0 Å². The van der Waals surface area contributed by atoms with Crippen molar-refractivity contribution in [1.82, 2.24) is 0 Å². The van der Waals surface area contributed by atoms with Crippen molar-refractivity contribution in [3.05, 3.63) is 67.6 Å². The van der Waals surface area contributed by atoms with Gasteiger partial charge in [0.1, 0.15) is 11.3 Å². The predicted molar refractivity (Wildman–Crippen MR) is 132 cm³/mol. The van der Waals surface area contributed by atoms with Crippen LogP contribution in [0.25, 0.3) is 16.3 Å². The number of halogens is 3. The molecular formula is C23H23BrCl2N2O2S2. The summed E-state index contributed by atoms with van der Waals surface area (Å²) in [6.45, 7) is 2.65. The molecule has 0 amide bonds. The third-order valence-electron chi connectivity index (χ3n) is 5.08. The van der Waals surface area contributed by atoms with Gasteiger partial charge in [-0.1, -0.05) is 53.2 Å². The summed E-state index contributed by atoms with van der Waals surface area (Å²) in [7, 11) is 0. The van der Waals surface area contributed by atoms with Crippen LogP contribution in [0.1, 0.15) is 23.9 Å². The fourth-order valence-electron chi connectivity index (χ4n) is 3.63. The van der Waals surface area contributed by atoms with Gasteiger partial charge in [0, 0.05) is 34.6 Å². The first-order chi connectivity index (χ1) is 15.0. The summed E-state index contributed by atoms with van der Waals surface area (Å²) in [6.07, 6.45) is 5.67. The normalized spacial score (nSPS) is 14.5. The molecule has 0 bridgehead atoms. The van der Waals surface area contributed by atoms with Gasteiger partial charge in [-0.2, -0.15) is 4.57 Å². The van der Waals surface area contributed by atoms with Crippen molar-refractivity contribution in [3.63, 3.8) is 0 Å². The SMILES string of the molecule is CCC(=Cc1sc2ccc(Cl)c(CCO)c2[n+]1CCO)C=C1Nc2cc(Cl)ccc2S1.[Br-]. The second kappa shape index (κ2) is 11.4. The Balaban J connectivity index is 0.00000289. The zero-order valence-electron chi connectivity index (χ0n) is 17.4. The molecule has 2 aromatic carbocycles. The molecule has 4 rings (SSSR count). The van der Waals surface area contributed by atoms with E-state index in [0.717, 1.165) is 42.8 Å². The number of hydrogen-bond acceptors (Lipinski definition) is 5. The maximum Gasteiger partial charge on any atom is 0.263 e. The van der Waals surface area contributed by atoms with Crippen LogP contribution in [0, 0.1) is 0 Å². The first-order valence-corrected chi connectivity index (χ1v) is 12.4. The number of aliphatic hydroxyl groups is 2. The molecule has 1 aliphatic rings. The van der Waals surface area contributed by atoms with Gasteiger partial charge in [-0.15, -0.1) is 0 Å². The standard InChI is InChI=1S/C23H22Cl2N2O2S2.BrH/c1-2-14(11-21-26-18-13-15(24)3-5-19(18)30-21)12-22-27(8-10-29)23-16(7-9-28)17(25)4-6-20(23)31-22;/h3-6,11-13,28-29H,2,7-10H2,1H3;1H. The van der Waals surface area contributed by atoms with Crippen LogP contribution in [0.4, 0.5) is 5.69 Å². The van der Waals surface area contributed by atoms with Crippen LogP contribution >= 0.6 is 46.3 Å². The minimum absolute atomic E-state index is 0. The lowest BCUT2D eigenvalue weighted by Crippen LogP contribution is -3.00. The fourth-order valence-corrected chi connectivity index (χ4v) is 6.21. The van der Waals surface area contributed by atoms with E-state index >= 15 is 0 Å². The Morgan fingerprint density at radius 2 is 1.97 bits per heavy atom. The van der Waals surface area contributed by atoms with E-state index in [1.54, 1.807) is 23.1 Å². The highest BCUT2D eigenvalue weighted by atomic mass is 79.9. The summed E-state index contributed by atoms with van der Waals surface area (Å²) in [4.78, 5) is 1.16. The smallest absolute Gasteiger partial charge is 0.263 e. The molecule has 0 aliphatic carbocycles. The summed E-state index contributed by atoms with van der Waals surface area (Å²) in [5, 5.41) is 26.1. The van der Waals surface area contributed by atoms with Gasteiger partial charge < -0.3 is 32.5 Å². The first-order valence-electron chi connectivity index (χ1n) is 10.1. The topological polar surface area (TPSA) is 56.4 Å². The lowest BCUT2D eigenvalue weighted by molar-refractivity contribution is -0.670. The van der Waals surface area contributed by atoms with E-state index < -0.39 is 0 Å². The molecule has 2 heterocycles. The van der Waals surface area contributed by atoms with E-state index in [9.17, 15) is 10.2 Å². The van der Waals surface area contributed by atoms with Crippen LogP contribution < -0.4 is 26.9 Å². The molecule has 1 aromatic heterocycles. The number of nitrogens with one attached hydrogen (secondary N) is 1. The Morgan fingerprint density at radius 3 is 2.69 bits per heavy atom. The van der Waals surface area contributed by atoms with E-state index in [1.165, 1.54) is 5.57 Å². The number of rotatable bonds is 7. The van der Waals surface area contributed by atoms with Crippen molar-refractivity contribution in [2.75, 3.05) is 18.5 Å². The van der Waals surface area contributed by atoms with Gasteiger partial charge in [-0.3, -0.25) is 0 Å². The molecule has 0 unspecified atom stereocenters. The van der Waals surface area contributed by atoms with Crippen LogP contribution in [-0.4, -0.2) is 23.4 Å². The maximum atomic E-state index is 9.70. The lowest BCUT2D eigenvalue weighted by Gasteiger charge is -2.04. The molecule has 0 fully saturated rings. The van der Waals surface area contributed by atoms with Gasteiger partial charge in [0.15, 0.2) is 6.54 Å². The zero-order valence-corrected chi connectivity index (χ0v) is 22.1. The van der Waals surface area contributed by atoms with Crippen molar-refractivity contribution in [1.29, 1.82) is 0 Å². The fraction of sp³-hybridized carbons (Fsp3) is 0.261. The van der Waals surface area contributed by atoms with E-state index in [4.69, 9.17) is 23.2 Å². The minimum atomic E-state index is 0. The van der Waals surface area contributed by atoms with Crippen molar-refractivity contribution in [2.24, 2.45) is 0 Å². The molecule has 32 heavy (non-hydrogen) atoms. The highest BCUT2D eigenvalue weighted by molar-refractivity contribution is 8.03. The Hall–Kier alpha value is -1.06. The molecule has 0 saturated carbocycles. The third-order valence-corrected chi connectivity index (χ3v) is 7.78. The van der Waals surface area contributed by atoms with Crippen molar-refractivity contribution in [3.8, 4) is 0 Å². The number of allylic oxidation sites excluding steroid dienone is 2. The van der Waals surface area contributed by atoms with Crippen LogP contribution in [0.3, 0.4) is 0 Å². The van der Waals surface area contributed by atoms with Gasteiger partial charge in [-0.05, 0) is 48.4 Å². The van der Waals surface area contributed by atoms with E-state index in [-0.39, 0.29) is 30.2 Å². The van der Waals surface area contributed by atoms with Gasteiger partial charge in [-0.25, -0.2) is 0 Å². The maximum absolute atomic E-state index is 9.70. The second-order valence-corrected chi connectivity index (χ2v) is 10.1. The molecule has 9 heteroatoms. The predicted octanol–water partition coefficient (Wildman–Crippen LogP) is 2.88. The number of benzene rings is 2. The van der Waals surface area contributed by atoms with Crippen molar-refractivity contribution < 1.29 is 31.8 Å². The average molecular weight is 574 g/mol. The van der Waals surface area contributed by atoms with Crippen LogP contribution in [0.15, 0.2) is 51.9 Å². The molecule has 4 nitrogen and oxygen atoms in total. The molecule has 170 valence electrons. The molecule has 0 radical (unpaired) electrons. The molecule has 3 N–H and O–H groups in total. The van der Waals surface area contributed by atoms with E-state index in [2.05, 4.69) is 29.0 Å². The van der Waals surface area contributed by atoms with Crippen molar-refractivity contribution >= 4 is 68.3 Å². The highest BCUT2D eigenvalue weighted by Crippen LogP contribution is 2.42. The Morgan fingerprint density at radius 1 is 1.16 bits per heavy atom. The summed E-state index contributed by atoms with van der Waals surface area (Å²) in [5.41, 5.74) is 4.11. The van der Waals surface area contributed by atoms with Crippen LogP contribution in [0.5, 0.6) is 0 Å². The first kappa shape index (κ1) is 25.6. The molecule has 3 aromatic rings. The lowest BCUT2D eigenvalue weighted by atomic mass is 10.1. The second-order valence-electron chi connectivity index (χ2n) is 7.11. The Bertz CT molecular complexity index is 1190.